The Morgan fingerprint density at radius 1 is 0.933 bits per heavy atom. The van der Waals surface area contributed by atoms with Gasteiger partial charge in [-0.15, -0.1) is 12.6 Å². The number of para-hydroxylation sites is 2. The van der Waals surface area contributed by atoms with E-state index >= 15 is 0 Å². The maximum Gasteiger partial charge on any atom is 0.138 e. The highest BCUT2D eigenvalue weighted by Crippen LogP contribution is 2.25. The van der Waals surface area contributed by atoms with Crippen molar-refractivity contribution in [3.05, 3.63) is 48.5 Å². The number of hydrogen-bond acceptors (Lipinski definition) is 2. The second-order valence-corrected chi connectivity index (χ2v) is 4.90. The molecule has 2 aromatic carbocycles. The van der Waals surface area contributed by atoms with Gasteiger partial charge in [0.05, 0.1) is 0 Å². The molecule has 0 unspecified atom stereocenters. The Labute approximate surface area is 97.9 Å². The molecule has 0 fully saturated rings. The van der Waals surface area contributed by atoms with Gasteiger partial charge in [-0.25, -0.2) is 0 Å². The fourth-order valence-electron chi connectivity index (χ4n) is 1.38. The molecular formula is C12H12OSSi. The van der Waals surface area contributed by atoms with Crippen molar-refractivity contribution in [3.8, 4) is 11.5 Å². The van der Waals surface area contributed by atoms with E-state index in [0.29, 0.717) is 0 Å². The van der Waals surface area contributed by atoms with E-state index < -0.39 is 0 Å². The van der Waals surface area contributed by atoms with E-state index in [1.807, 2.05) is 42.5 Å². The summed E-state index contributed by atoms with van der Waals surface area (Å²) >= 11 is 4.40. The van der Waals surface area contributed by atoms with E-state index in [1.165, 1.54) is 5.19 Å². The largest absolute Gasteiger partial charge is 0.456 e. The predicted molar refractivity (Wildman–Crippen MR) is 69.8 cm³/mol. The van der Waals surface area contributed by atoms with E-state index in [4.69, 9.17) is 4.74 Å². The fourth-order valence-corrected chi connectivity index (χ4v) is 2.46. The smallest absolute Gasteiger partial charge is 0.138 e. The summed E-state index contributed by atoms with van der Waals surface area (Å²) in [6.07, 6.45) is 0. The van der Waals surface area contributed by atoms with Crippen LogP contribution in [0.5, 0.6) is 11.5 Å². The third kappa shape index (κ3) is 2.43. The SMILES string of the molecule is [SiH3]c1cccc(S)c1Oc1ccccc1. The molecule has 0 aliphatic rings. The van der Waals surface area contributed by atoms with Crippen LogP contribution in [-0.2, 0) is 0 Å². The second kappa shape index (κ2) is 4.55. The standard InChI is InChI=1S/C12H12OSSi/c14-10-7-4-8-11(15)12(10)13-9-5-2-1-3-6-9/h1-8,14H,15H3. The van der Waals surface area contributed by atoms with Gasteiger partial charge in [-0.05, 0) is 23.4 Å². The van der Waals surface area contributed by atoms with Gasteiger partial charge < -0.3 is 4.74 Å². The number of ether oxygens (including phenoxy) is 1. The summed E-state index contributed by atoms with van der Waals surface area (Å²) in [5.41, 5.74) is 0. The van der Waals surface area contributed by atoms with Gasteiger partial charge in [0, 0.05) is 15.1 Å². The van der Waals surface area contributed by atoms with Gasteiger partial charge >= 0.3 is 0 Å². The molecule has 0 aromatic heterocycles. The van der Waals surface area contributed by atoms with Crippen LogP contribution >= 0.6 is 12.6 Å². The predicted octanol–water partition coefficient (Wildman–Crippen LogP) is 1.76. The van der Waals surface area contributed by atoms with Crippen molar-refractivity contribution >= 4 is 28.1 Å². The zero-order chi connectivity index (χ0) is 10.7. The van der Waals surface area contributed by atoms with Gasteiger partial charge in [-0.1, -0.05) is 30.3 Å². The van der Waals surface area contributed by atoms with Crippen molar-refractivity contribution in [2.45, 2.75) is 4.90 Å². The summed E-state index contributed by atoms with van der Waals surface area (Å²) in [6.45, 7) is 0. The number of benzene rings is 2. The summed E-state index contributed by atoms with van der Waals surface area (Å²) in [6, 6.07) is 15.8. The molecule has 0 aliphatic carbocycles. The Hall–Kier alpha value is -1.19. The first-order valence-electron chi connectivity index (χ1n) is 4.79. The highest BCUT2D eigenvalue weighted by atomic mass is 32.1. The first-order chi connectivity index (χ1) is 7.27. The number of rotatable bonds is 2. The highest BCUT2D eigenvalue weighted by molar-refractivity contribution is 7.80. The monoisotopic (exact) mass is 232 g/mol. The van der Waals surface area contributed by atoms with Crippen molar-refractivity contribution in [1.29, 1.82) is 0 Å². The van der Waals surface area contributed by atoms with Crippen LogP contribution in [0.15, 0.2) is 53.4 Å². The first kappa shape index (κ1) is 10.3. The van der Waals surface area contributed by atoms with Crippen LogP contribution < -0.4 is 9.92 Å². The minimum absolute atomic E-state index is 0.858. The van der Waals surface area contributed by atoms with Gasteiger partial charge in [0.25, 0.3) is 0 Å². The molecule has 0 atom stereocenters. The average Bonchev–Trinajstić information content (AvgIpc) is 2.25. The average molecular weight is 232 g/mol. The summed E-state index contributed by atoms with van der Waals surface area (Å²) < 4.78 is 5.80. The van der Waals surface area contributed by atoms with Crippen LogP contribution in [0, 0.1) is 0 Å². The maximum atomic E-state index is 5.80. The zero-order valence-electron chi connectivity index (χ0n) is 8.47. The first-order valence-corrected chi connectivity index (χ1v) is 6.23. The van der Waals surface area contributed by atoms with Crippen molar-refractivity contribution in [3.63, 3.8) is 0 Å². The van der Waals surface area contributed by atoms with E-state index in [-0.39, 0.29) is 0 Å². The number of thiol groups is 1. The molecule has 15 heavy (non-hydrogen) atoms. The van der Waals surface area contributed by atoms with Crippen molar-refractivity contribution < 1.29 is 4.74 Å². The molecule has 0 bridgehead atoms. The van der Waals surface area contributed by atoms with Crippen LogP contribution in [0.1, 0.15) is 0 Å². The van der Waals surface area contributed by atoms with Crippen LogP contribution in [0.3, 0.4) is 0 Å². The van der Waals surface area contributed by atoms with E-state index in [0.717, 1.165) is 26.6 Å². The van der Waals surface area contributed by atoms with Crippen molar-refractivity contribution in [2.24, 2.45) is 0 Å². The van der Waals surface area contributed by atoms with Gasteiger partial charge in [0.1, 0.15) is 11.5 Å². The maximum absolute atomic E-state index is 5.80. The van der Waals surface area contributed by atoms with Crippen LogP contribution in [0.25, 0.3) is 0 Å². The Balaban J connectivity index is 2.32. The lowest BCUT2D eigenvalue weighted by atomic mass is 10.3. The molecule has 0 heterocycles. The van der Waals surface area contributed by atoms with Gasteiger partial charge in [-0.2, -0.15) is 0 Å². The summed E-state index contributed by atoms with van der Waals surface area (Å²) in [4.78, 5) is 0.895. The zero-order valence-corrected chi connectivity index (χ0v) is 11.4. The minimum atomic E-state index is 0.858. The van der Waals surface area contributed by atoms with Crippen molar-refractivity contribution in [2.75, 3.05) is 0 Å². The van der Waals surface area contributed by atoms with E-state index in [9.17, 15) is 0 Å². The molecule has 2 rings (SSSR count). The van der Waals surface area contributed by atoms with E-state index in [1.54, 1.807) is 0 Å². The lowest BCUT2D eigenvalue weighted by Gasteiger charge is -2.10. The molecule has 0 N–H and O–H groups in total. The third-order valence-electron chi connectivity index (χ3n) is 2.15. The van der Waals surface area contributed by atoms with Crippen molar-refractivity contribution in [1.82, 2.24) is 0 Å². The summed E-state index contributed by atoms with van der Waals surface area (Å²) in [7, 11) is 0.961. The Morgan fingerprint density at radius 3 is 2.33 bits per heavy atom. The lowest BCUT2D eigenvalue weighted by molar-refractivity contribution is 0.475. The van der Waals surface area contributed by atoms with Crippen LogP contribution in [-0.4, -0.2) is 10.2 Å². The topological polar surface area (TPSA) is 9.23 Å². The molecule has 0 radical (unpaired) electrons. The molecule has 0 saturated carbocycles. The summed E-state index contributed by atoms with van der Waals surface area (Å²) in [5, 5.41) is 1.23. The molecule has 3 heteroatoms. The van der Waals surface area contributed by atoms with Gasteiger partial charge in [-0.3, -0.25) is 0 Å². The fraction of sp³-hybridized carbons (Fsp3) is 0. The molecule has 1 nitrogen and oxygen atoms in total. The Kier molecular flexibility index (Phi) is 3.13. The van der Waals surface area contributed by atoms with Gasteiger partial charge in [0.15, 0.2) is 0 Å². The molecule has 0 aliphatic heterocycles. The third-order valence-corrected chi connectivity index (χ3v) is 3.29. The van der Waals surface area contributed by atoms with Crippen LogP contribution in [0.2, 0.25) is 0 Å². The molecule has 76 valence electrons. The molecule has 0 spiro atoms. The minimum Gasteiger partial charge on any atom is -0.456 e. The molecule has 0 saturated heterocycles. The lowest BCUT2D eigenvalue weighted by Crippen LogP contribution is -2.06. The molecular weight excluding hydrogens is 220 g/mol. The second-order valence-electron chi connectivity index (χ2n) is 3.34. The normalized spacial score (nSPS) is 10.2. The Morgan fingerprint density at radius 2 is 1.67 bits per heavy atom. The number of hydrogen-bond donors (Lipinski definition) is 1. The molecule has 2 aromatic rings. The quantitative estimate of drug-likeness (QED) is 0.613. The molecule has 0 amide bonds. The Bertz CT molecular complexity index is 436. The van der Waals surface area contributed by atoms with Gasteiger partial charge in [0.2, 0.25) is 0 Å². The van der Waals surface area contributed by atoms with Crippen LogP contribution in [0.4, 0.5) is 0 Å². The highest BCUT2D eigenvalue weighted by Gasteiger charge is 2.04. The van der Waals surface area contributed by atoms with E-state index in [2.05, 4.69) is 18.7 Å². The summed E-state index contributed by atoms with van der Waals surface area (Å²) in [5.74, 6) is 1.75.